The highest BCUT2D eigenvalue weighted by molar-refractivity contribution is 5.92. The molecule has 6 nitrogen and oxygen atoms in total. The Morgan fingerprint density at radius 2 is 1.93 bits per heavy atom. The number of pyridine rings is 1. The standard InChI is InChI=1S/C23H30N4O2/c1-29-18-6-12-24-21-10-11-22(25-19-21)23(28)27-16-14-26(15-17-27)13-5-9-20-7-3-2-4-8-20/h2-5,7-11,19,24H,6,12-18H2,1H3/b9-5+. The van der Waals surface area contributed by atoms with Gasteiger partial charge in [0, 0.05) is 53.0 Å². The molecule has 1 fully saturated rings. The highest BCUT2D eigenvalue weighted by Crippen LogP contribution is 2.11. The lowest BCUT2D eigenvalue weighted by Crippen LogP contribution is -2.48. The van der Waals surface area contributed by atoms with Crippen LogP contribution in [0.4, 0.5) is 5.69 Å². The van der Waals surface area contributed by atoms with E-state index < -0.39 is 0 Å². The molecular weight excluding hydrogens is 364 g/mol. The molecule has 154 valence electrons. The van der Waals surface area contributed by atoms with E-state index in [1.54, 1.807) is 19.4 Å². The van der Waals surface area contributed by atoms with Gasteiger partial charge >= 0.3 is 0 Å². The molecule has 0 unspecified atom stereocenters. The molecule has 0 radical (unpaired) electrons. The first-order valence-electron chi connectivity index (χ1n) is 10.2. The lowest BCUT2D eigenvalue weighted by atomic mass is 10.2. The second-order valence-electron chi connectivity index (χ2n) is 7.11. The quantitative estimate of drug-likeness (QED) is 0.663. The van der Waals surface area contributed by atoms with Gasteiger partial charge in [-0.1, -0.05) is 42.5 Å². The Labute approximate surface area is 173 Å². The number of nitrogens with one attached hydrogen (secondary N) is 1. The number of nitrogens with zero attached hydrogens (tertiary/aromatic N) is 3. The number of aromatic nitrogens is 1. The normalized spacial score (nSPS) is 15.0. The number of piperazine rings is 1. The van der Waals surface area contributed by atoms with Crippen LogP contribution in [0.3, 0.4) is 0 Å². The number of carbonyl (C=O) groups excluding carboxylic acids is 1. The van der Waals surface area contributed by atoms with Crippen molar-refractivity contribution in [3.8, 4) is 0 Å². The van der Waals surface area contributed by atoms with Crippen molar-refractivity contribution >= 4 is 17.7 Å². The van der Waals surface area contributed by atoms with Gasteiger partial charge in [0.2, 0.25) is 0 Å². The first-order valence-corrected chi connectivity index (χ1v) is 10.2. The molecule has 1 aromatic heterocycles. The van der Waals surface area contributed by atoms with Gasteiger partial charge in [0.05, 0.1) is 11.9 Å². The summed E-state index contributed by atoms with van der Waals surface area (Å²) in [6.07, 6.45) is 6.99. The predicted octanol–water partition coefficient (Wildman–Crippen LogP) is 3.00. The van der Waals surface area contributed by atoms with Crippen LogP contribution in [0.2, 0.25) is 0 Å². The lowest BCUT2D eigenvalue weighted by Gasteiger charge is -2.34. The van der Waals surface area contributed by atoms with Crippen LogP contribution in [0.1, 0.15) is 22.5 Å². The zero-order chi connectivity index (χ0) is 20.3. The Morgan fingerprint density at radius 3 is 2.62 bits per heavy atom. The van der Waals surface area contributed by atoms with Crippen molar-refractivity contribution < 1.29 is 9.53 Å². The largest absolute Gasteiger partial charge is 0.385 e. The van der Waals surface area contributed by atoms with Crippen molar-refractivity contribution in [3.05, 3.63) is 66.0 Å². The molecular formula is C23H30N4O2. The average Bonchev–Trinajstić information content (AvgIpc) is 2.78. The van der Waals surface area contributed by atoms with Crippen LogP contribution in [0.15, 0.2) is 54.7 Å². The van der Waals surface area contributed by atoms with Gasteiger partial charge in [-0.25, -0.2) is 4.98 Å². The summed E-state index contributed by atoms with van der Waals surface area (Å²) in [5, 5.41) is 3.28. The van der Waals surface area contributed by atoms with E-state index in [0.717, 1.165) is 58.0 Å². The van der Waals surface area contributed by atoms with Crippen LogP contribution in [0.5, 0.6) is 0 Å². The molecule has 29 heavy (non-hydrogen) atoms. The summed E-state index contributed by atoms with van der Waals surface area (Å²) >= 11 is 0. The van der Waals surface area contributed by atoms with Gasteiger partial charge < -0.3 is 15.0 Å². The third-order valence-corrected chi connectivity index (χ3v) is 4.97. The first-order chi connectivity index (χ1) is 14.3. The van der Waals surface area contributed by atoms with Gasteiger partial charge in [0.1, 0.15) is 5.69 Å². The number of anilines is 1. The summed E-state index contributed by atoms with van der Waals surface area (Å²) in [5.74, 6) is 0.00964. The SMILES string of the molecule is COCCCNc1ccc(C(=O)N2CCN(C/C=C/c3ccccc3)CC2)nc1. The van der Waals surface area contributed by atoms with Crippen molar-refractivity contribution in [2.45, 2.75) is 6.42 Å². The number of methoxy groups -OCH3 is 1. The maximum Gasteiger partial charge on any atom is 0.272 e. The summed E-state index contributed by atoms with van der Waals surface area (Å²) < 4.78 is 5.03. The summed E-state index contributed by atoms with van der Waals surface area (Å²) in [6, 6.07) is 14.0. The molecule has 0 saturated carbocycles. The molecule has 0 aliphatic carbocycles. The Bertz CT molecular complexity index is 769. The fourth-order valence-electron chi connectivity index (χ4n) is 3.27. The predicted molar refractivity (Wildman–Crippen MR) is 117 cm³/mol. The zero-order valence-corrected chi connectivity index (χ0v) is 17.1. The molecule has 3 rings (SSSR count). The minimum Gasteiger partial charge on any atom is -0.385 e. The molecule has 2 heterocycles. The molecule has 1 aliphatic rings. The van der Waals surface area contributed by atoms with E-state index in [2.05, 4.69) is 39.5 Å². The second-order valence-corrected chi connectivity index (χ2v) is 7.11. The maximum absolute atomic E-state index is 12.7. The minimum atomic E-state index is 0.00964. The highest BCUT2D eigenvalue weighted by Gasteiger charge is 2.22. The van der Waals surface area contributed by atoms with Crippen LogP contribution in [0, 0.1) is 0 Å². The van der Waals surface area contributed by atoms with Crippen molar-refractivity contribution in [1.29, 1.82) is 0 Å². The Hall–Kier alpha value is -2.70. The molecule has 1 amide bonds. The molecule has 0 atom stereocenters. The molecule has 1 saturated heterocycles. The van der Waals surface area contributed by atoms with E-state index >= 15 is 0 Å². The van der Waals surface area contributed by atoms with E-state index in [9.17, 15) is 4.79 Å². The Kier molecular flexibility index (Phi) is 8.22. The lowest BCUT2D eigenvalue weighted by molar-refractivity contribution is 0.0644. The summed E-state index contributed by atoms with van der Waals surface area (Å²) in [7, 11) is 1.70. The van der Waals surface area contributed by atoms with Crippen LogP contribution < -0.4 is 5.32 Å². The number of hydrogen-bond acceptors (Lipinski definition) is 5. The molecule has 1 aliphatic heterocycles. The van der Waals surface area contributed by atoms with Crippen molar-refractivity contribution in [3.63, 3.8) is 0 Å². The van der Waals surface area contributed by atoms with E-state index in [1.807, 2.05) is 29.2 Å². The molecule has 2 aromatic rings. The Balaban J connectivity index is 1.42. The maximum atomic E-state index is 12.7. The van der Waals surface area contributed by atoms with Gasteiger partial charge in [0.25, 0.3) is 5.91 Å². The van der Waals surface area contributed by atoms with Gasteiger partial charge in [-0.05, 0) is 24.1 Å². The van der Waals surface area contributed by atoms with E-state index in [-0.39, 0.29) is 5.91 Å². The van der Waals surface area contributed by atoms with Crippen LogP contribution >= 0.6 is 0 Å². The van der Waals surface area contributed by atoms with E-state index in [0.29, 0.717) is 5.69 Å². The third-order valence-electron chi connectivity index (χ3n) is 4.97. The number of amides is 1. The molecule has 1 N–H and O–H groups in total. The van der Waals surface area contributed by atoms with Gasteiger partial charge in [0.15, 0.2) is 0 Å². The van der Waals surface area contributed by atoms with E-state index in [1.165, 1.54) is 5.56 Å². The van der Waals surface area contributed by atoms with Gasteiger partial charge in [-0.2, -0.15) is 0 Å². The average molecular weight is 395 g/mol. The summed E-state index contributed by atoms with van der Waals surface area (Å²) in [6.45, 7) is 5.68. The molecule has 0 spiro atoms. The third kappa shape index (κ3) is 6.69. The molecule has 6 heteroatoms. The first kappa shape index (κ1) is 21.0. The minimum absolute atomic E-state index is 0.00964. The van der Waals surface area contributed by atoms with Crippen molar-refractivity contribution in [2.24, 2.45) is 0 Å². The monoisotopic (exact) mass is 394 g/mol. The van der Waals surface area contributed by atoms with Crippen molar-refractivity contribution in [2.75, 3.05) is 58.3 Å². The highest BCUT2D eigenvalue weighted by atomic mass is 16.5. The molecule has 0 bridgehead atoms. The fraction of sp³-hybridized carbons (Fsp3) is 0.391. The Morgan fingerprint density at radius 1 is 1.14 bits per heavy atom. The smallest absolute Gasteiger partial charge is 0.272 e. The second kappa shape index (κ2) is 11.3. The fourth-order valence-corrected chi connectivity index (χ4v) is 3.27. The summed E-state index contributed by atoms with van der Waals surface area (Å²) in [4.78, 5) is 21.3. The molecule has 1 aromatic carbocycles. The topological polar surface area (TPSA) is 57.7 Å². The van der Waals surface area contributed by atoms with E-state index in [4.69, 9.17) is 4.74 Å². The van der Waals surface area contributed by atoms with Crippen LogP contribution in [-0.4, -0.2) is 73.7 Å². The zero-order valence-electron chi connectivity index (χ0n) is 17.1. The number of hydrogen-bond donors (Lipinski definition) is 1. The van der Waals surface area contributed by atoms with Gasteiger partial charge in [-0.15, -0.1) is 0 Å². The summed E-state index contributed by atoms with van der Waals surface area (Å²) in [5.41, 5.74) is 2.64. The number of benzene rings is 1. The van der Waals surface area contributed by atoms with Gasteiger partial charge in [-0.3, -0.25) is 9.69 Å². The number of rotatable bonds is 9. The van der Waals surface area contributed by atoms with Crippen LogP contribution in [0.25, 0.3) is 6.08 Å². The van der Waals surface area contributed by atoms with Crippen LogP contribution in [-0.2, 0) is 4.74 Å². The number of ether oxygens (including phenoxy) is 1. The van der Waals surface area contributed by atoms with Crippen molar-refractivity contribution in [1.82, 2.24) is 14.8 Å². The number of carbonyl (C=O) groups is 1.